The van der Waals surface area contributed by atoms with E-state index in [2.05, 4.69) is 17.4 Å². The normalized spacial score (nSPS) is 19.2. The molecule has 2 saturated heterocycles. The number of rotatable bonds is 6. The number of carbonyl (C=O) groups is 2. The van der Waals surface area contributed by atoms with E-state index >= 15 is 0 Å². The molecule has 1 unspecified atom stereocenters. The van der Waals surface area contributed by atoms with Gasteiger partial charge in [-0.3, -0.25) is 4.79 Å². The van der Waals surface area contributed by atoms with Gasteiger partial charge < -0.3 is 19.9 Å². The molecule has 2 aromatic carbocycles. The summed E-state index contributed by atoms with van der Waals surface area (Å²) >= 11 is 0. The van der Waals surface area contributed by atoms with Gasteiger partial charge in [-0.15, -0.1) is 0 Å². The lowest BCUT2D eigenvalue weighted by molar-refractivity contribution is -0.139. The predicted octanol–water partition coefficient (Wildman–Crippen LogP) is 4.14. The molecule has 164 valence electrons. The van der Waals surface area contributed by atoms with Crippen molar-refractivity contribution in [2.45, 2.75) is 38.3 Å². The SMILES string of the molecule is O=C(Nc1ccccc1)N1CCC(C(=O)N(Cc2ccccc2)CC2CCCO2)CC1. The average Bonchev–Trinajstić information content (AvgIpc) is 3.33. The van der Waals surface area contributed by atoms with Gasteiger partial charge in [-0.2, -0.15) is 0 Å². The monoisotopic (exact) mass is 421 g/mol. The van der Waals surface area contributed by atoms with Crippen LogP contribution in [0.5, 0.6) is 0 Å². The van der Waals surface area contributed by atoms with Crippen LogP contribution in [0.15, 0.2) is 60.7 Å². The lowest BCUT2D eigenvalue weighted by Crippen LogP contribution is -2.46. The molecule has 2 aromatic rings. The standard InChI is InChI=1S/C25H31N3O3/c29-24(28(19-23-12-7-17-31-23)18-20-8-3-1-4-9-20)21-13-15-27(16-14-21)25(30)26-22-10-5-2-6-11-22/h1-6,8-11,21,23H,7,12-19H2,(H,26,30). The molecule has 0 spiro atoms. The predicted molar refractivity (Wildman–Crippen MR) is 121 cm³/mol. The molecule has 1 N–H and O–H groups in total. The summed E-state index contributed by atoms with van der Waals surface area (Å²) < 4.78 is 5.81. The smallest absolute Gasteiger partial charge is 0.321 e. The molecular formula is C25H31N3O3. The summed E-state index contributed by atoms with van der Waals surface area (Å²) in [4.78, 5) is 29.7. The highest BCUT2D eigenvalue weighted by molar-refractivity contribution is 5.89. The Morgan fingerprint density at radius 3 is 2.29 bits per heavy atom. The fourth-order valence-corrected chi connectivity index (χ4v) is 4.38. The summed E-state index contributed by atoms with van der Waals surface area (Å²) in [7, 11) is 0. The van der Waals surface area contributed by atoms with Crippen molar-refractivity contribution in [3.05, 3.63) is 66.2 Å². The molecule has 0 radical (unpaired) electrons. The van der Waals surface area contributed by atoms with Crippen LogP contribution in [0.25, 0.3) is 0 Å². The quantitative estimate of drug-likeness (QED) is 0.763. The summed E-state index contributed by atoms with van der Waals surface area (Å²) in [5.41, 5.74) is 1.92. The van der Waals surface area contributed by atoms with E-state index in [0.717, 1.165) is 30.7 Å². The van der Waals surface area contributed by atoms with Gasteiger partial charge in [-0.05, 0) is 43.4 Å². The third-order valence-electron chi connectivity index (χ3n) is 6.13. The minimum atomic E-state index is -0.0994. The van der Waals surface area contributed by atoms with Crippen LogP contribution in [0.2, 0.25) is 0 Å². The fraction of sp³-hybridized carbons (Fsp3) is 0.440. The van der Waals surface area contributed by atoms with Crippen LogP contribution in [0.3, 0.4) is 0 Å². The highest BCUT2D eigenvalue weighted by atomic mass is 16.5. The number of amides is 3. The van der Waals surface area contributed by atoms with Gasteiger partial charge in [0.15, 0.2) is 0 Å². The first-order valence-corrected chi connectivity index (χ1v) is 11.2. The van der Waals surface area contributed by atoms with Gasteiger partial charge in [-0.25, -0.2) is 4.79 Å². The number of nitrogens with zero attached hydrogens (tertiary/aromatic N) is 2. The van der Waals surface area contributed by atoms with Crippen molar-refractivity contribution in [2.24, 2.45) is 5.92 Å². The molecule has 4 rings (SSSR count). The second kappa shape index (κ2) is 10.4. The first kappa shape index (κ1) is 21.4. The van der Waals surface area contributed by atoms with E-state index in [1.807, 2.05) is 53.4 Å². The molecule has 6 nitrogen and oxygen atoms in total. The second-order valence-corrected chi connectivity index (χ2v) is 8.40. The van der Waals surface area contributed by atoms with E-state index < -0.39 is 0 Å². The highest BCUT2D eigenvalue weighted by Crippen LogP contribution is 2.23. The molecule has 2 aliphatic rings. The molecule has 2 heterocycles. The molecule has 0 bridgehead atoms. The zero-order valence-corrected chi connectivity index (χ0v) is 17.9. The Kier molecular flexibility index (Phi) is 7.20. The summed E-state index contributed by atoms with van der Waals surface area (Å²) in [6.07, 6.45) is 3.59. The third-order valence-corrected chi connectivity index (χ3v) is 6.13. The van der Waals surface area contributed by atoms with E-state index in [-0.39, 0.29) is 24.0 Å². The number of anilines is 1. The average molecular weight is 422 g/mol. The Morgan fingerprint density at radius 2 is 1.65 bits per heavy atom. The summed E-state index contributed by atoms with van der Waals surface area (Å²) in [5.74, 6) is 0.133. The van der Waals surface area contributed by atoms with Crippen LogP contribution < -0.4 is 5.32 Å². The van der Waals surface area contributed by atoms with Crippen molar-refractivity contribution in [3.8, 4) is 0 Å². The van der Waals surface area contributed by atoms with Crippen molar-refractivity contribution in [3.63, 3.8) is 0 Å². The van der Waals surface area contributed by atoms with Crippen molar-refractivity contribution >= 4 is 17.6 Å². The van der Waals surface area contributed by atoms with Crippen molar-refractivity contribution < 1.29 is 14.3 Å². The number of ether oxygens (including phenoxy) is 1. The van der Waals surface area contributed by atoms with Crippen molar-refractivity contribution in [1.29, 1.82) is 0 Å². The number of carbonyl (C=O) groups excluding carboxylic acids is 2. The number of para-hydroxylation sites is 1. The Bertz CT molecular complexity index is 845. The van der Waals surface area contributed by atoms with Gasteiger partial charge in [0.1, 0.15) is 0 Å². The fourth-order valence-electron chi connectivity index (χ4n) is 4.38. The Hall–Kier alpha value is -2.86. The van der Waals surface area contributed by atoms with Crippen LogP contribution in [-0.2, 0) is 16.1 Å². The molecule has 1 atom stereocenters. The van der Waals surface area contributed by atoms with Gasteiger partial charge >= 0.3 is 6.03 Å². The van der Waals surface area contributed by atoms with E-state index in [1.54, 1.807) is 4.90 Å². The number of nitrogens with one attached hydrogen (secondary N) is 1. The molecule has 0 aliphatic carbocycles. The topological polar surface area (TPSA) is 61.9 Å². The molecule has 31 heavy (non-hydrogen) atoms. The lowest BCUT2D eigenvalue weighted by atomic mass is 9.95. The number of likely N-dealkylation sites (tertiary alicyclic amines) is 1. The molecule has 0 aromatic heterocycles. The third kappa shape index (κ3) is 5.85. The summed E-state index contributed by atoms with van der Waals surface area (Å²) in [5, 5.41) is 2.93. The number of hydrogen-bond donors (Lipinski definition) is 1. The summed E-state index contributed by atoms with van der Waals surface area (Å²) in [6.45, 7) is 3.21. The number of hydrogen-bond acceptors (Lipinski definition) is 3. The molecule has 3 amide bonds. The van der Waals surface area contributed by atoms with Crippen molar-refractivity contribution in [2.75, 3.05) is 31.6 Å². The van der Waals surface area contributed by atoms with Crippen LogP contribution in [0.4, 0.5) is 10.5 Å². The molecule has 2 fully saturated rings. The van der Waals surface area contributed by atoms with E-state index in [9.17, 15) is 9.59 Å². The number of benzene rings is 2. The molecule has 6 heteroatoms. The van der Waals surface area contributed by atoms with Gasteiger partial charge in [-0.1, -0.05) is 48.5 Å². The second-order valence-electron chi connectivity index (χ2n) is 8.40. The van der Waals surface area contributed by atoms with Gasteiger partial charge in [0.2, 0.25) is 5.91 Å². The minimum absolute atomic E-state index is 0.0501. The van der Waals surface area contributed by atoms with Crippen LogP contribution >= 0.6 is 0 Å². The van der Waals surface area contributed by atoms with E-state index in [4.69, 9.17) is 4.74 Å². The number of urea groups is 1. The van der Waals surface area contributed by atoms with Crippen LogP contribution in [0.1, 0.15) is 31.2 Å². The van der Waals surface area contributed by atoms with Crippen molar-refractivity contribution in [1.82, 2.24) is 9.80 Å². The first-order valence-electron chi connectivity index (χ1n) is 11.2. The Balaban J connectivity index is 1.34. The largest absolute Gasteiger partial charge is 0.376 e. The number of piperidine rings is 1. The first-order chi connectivity index (χ1) is 15.2. The lowest BCUT2D eigenvalue weighted by Gasteiger charge is -2.35. The van der Waals surface area contributed by atoms with E-state index in [1.165, 1.54) is 0 Å². The Morgan fingerprint density at radius 1 is 0.968 bits per heavy atom. The minimum Gasteiger partial charge on any atom is -0.376 e. The van der Waals surface area contributed by atoms with Crippen LogP contribution in [0, 0.1) is 5.92 Å². The zero-order valence-electron chi connectivity index (χ0n) is 17.9. The Labute approximate surface area is 184 Å². The van der Waals surface area contributed by atoms with E-state index in [0.29, 0.717) is 39.0 Å². The maximum atomic E-state index is 13.4. The zero-order chi connectivity index (χ0) is 21.5. The highest BCUT2D eigenvalue weighted by Gasteiger charge is 2.32. The van der Waals surface area contributed by atoms with Gasteiger partial charge in [0.25, 0.3) is 0 Å². The maximum absolute atomic E-state index is 13.4. The van der Waals surface area contributed by atoms with Gasteiger partial charge in [0, 0.05) is 44.4 Å². The maximum Gasteiger partial charge on any atom is 0.321 e. The molecule has 0 saturated carbocycles. The summed E-state index contributed by atoms with van der Waals surface area (Å²) in [6, 6.07) is 19.5. The van der Waals surface area contributed by atoms with Crippen LogP contribution in [-0.4, -0.2) is 54.1 Å². The molecular weight excluding hydrogens is 390 g/mol. The molecule has 2 aliphatic heterocycles. The van der Waals surface area contributed by atoms with Gasteiger partial charge in [0.05, 0.1) is 6.10 Å².